The molecule has 0 bridgehead atoms. The van der Waals surface area contributed by atoms with Crippen molar-refractivity contribution in [3.63, 3.8) is 0 Å². The normalized spacial score (nSPS) is 11.1. The standard InChI is InChI=1S/C12H18O4S2/c1-3-15-11(16-4-2)5-6-17-9-7-10(12(13)14)18-8-9/h7-8,11H,3-6H2,1-2H3,(H,13,14). The van der Waals surface area contributed by atoms with Crippen LogP contribution in [0.1, 0.15) is 29.9 Å². The maximum absolute atomic E-state index is 10.7. The molecular formula is C12H18O4S2. The number of thioether (sulfide) groups is 1. The van der Waals surface area contributed by atoms with Gasteiger partial charge < -0.3 is 14.6 Å². The average molecular weight is 290 g/mol. The third-order valence-corrected chi connectivity index (χ3v) is 4.19. The van der Waals surface area contributed by atoms with Crippen LogP contribution in [0.3, 0.4) is 0 Å². The van der Waals surface area contributed by atoms with Gasteiger partial charge in [-0.05, 0) is 19.9 Å². The monoisotopic (exact) mass is 290 g/mol. The zero-order valence-electron chi connectivity index (χ0n) is 10.5. The highest BCUT2D eigenvalue weighted by Gasteiger charge is 2.10. The quantitative estimate of drug-likeness (QED) is 0.558. The molecule has 0 atom stereocenters. The minimum absolute atomic E-state index is 0.162. The number of hydrogen-bond acceptors (Lipinski definition) is 5. The third kappa shape index (κ3) is 5.39. The first-order chi connectivity index (χ1) is 8.67. The van der Waals surface area contributed by atoms with Gasteiger partial charge in [0.2, 0.25) is 0 Å². The van der Waals surface area contributed by atoms with E-state index in [0.29, 0.717) is 18.1 Å². The molecule has 0 aliphatic carbocycles. The Morgan fingerprint density at radius 2 is 2.11 bits per heavy atom. The molecule has 1 rings (SSSR count). The van der Waals surface area contributed by atoms with Gasteiger partial charge in [0.1, 0.15) is 4.88 Å². The van der Waals surface area contributed by atoms with E-state index in [1.54, 1.807) is 17.8 Å². The van der Waals surface area contributed by atoms with Crippen LogP contribution in [0.15, 0.2) is 16.3 Å². The van der Waals surface area contributed by atoms with Gasteiger partial charge in [0.05, 0.1) is 0 Å². The summed E-state index contributed by atoms with van der Waals surface area (Å²) in [5, 5.41) is 10.7. The fraction of sp³-hybridized carbons (Fsp3) is 0.583. The van der Waals surface area contributed by atoms with Crippen LogP contribution >= 0.6 is 23.1 Å². The lowest BCUT2D eigenvalue weighted by atomic mass is 10.4. The summed E-state index contributed by atoms with van der Waals surface area (Å²) >= 11 is 2.88. The van der Waals surface area contributed by atoms with Gasteiger partial charge in [-0.2, -0.15) is 0 Å². The zero-order chi connectivity index (χ0) is 13.4. The third-order valence-electron chi connectivity index (χ3n) is 2.11. The summed E-state index contributed by atoms with van der Waals surface area (Å²) in [5.41, 5.74) is 0. The van der Waals surface area contributed by atoms with Crippen LogP contribution in [0.25, 0.3) is 0 Å². The van der Waals surface area contributed by atoms with Crippen molar-refractivity contribution >= 4 is 29.1 Å². The summed E-state index contributed by atoms with van der Waals surface area (Å²) in [6.07, 6.45) is 0.634. The summed E-state index contributed by atoms with van der Waals surface area (Å²) in [4.78, 5) is 12.1. The Hall–Kier alpha value is -0.560. The van der Waals surface area contributed by atoms with E-state index in [2.05, 4.69) is 0 Å². The van der Waals surface area contributed by atoms with E-state index >= 15 is 0 Å². The fourth-order valence-electron chi connectivity index (χ4n) is 1.37. The first-order valence-electron chi connectivity index (χ1n) is 5.85. The summed E-state index contributed by atoms with van der Waals surface area (Å²) in [6.45, 7) is 5.16. The van der Waals surface area contributed by atoms with E-state index < -0.39 is 5.97 Å². The van der Waals surface area contributed by atoms with Gasteiger partial charge in [-0.3, -0.25) is 0 Å². The van der Waals surface area contributed by atoms with Gasteiger partial charge in [0, 0.05) is 35.7 Å². The van der Waals surface area contributed by atoms with Crippen molar-refractivity contribution in [1.29, 1.82) is 0 Å². The van der Waals surface area contributed by atoms with Crippen molar-refractivity contribution in [2.45, 2.75) is 31.5 Å². The summed E-state index contributed by atoms with van der Waals surface area (Å²) in [5.74, 6) is -0.0196. The van der Waals surface area contributed by atoms with Crippen LogP contribution < -0.4 is 0 Å². The first kappa shape index (κ1) is 15.5. The number of hydrogen-bond donors (Lipinski definition) is 1. The molecule has 4 nitrogen and oxygen atoms in total. The molecule has 0 amide bonds. The molecule has 0 aliphatic rings. The molecule has 102 valence electrons. The van der Waals surface area contributed by atoms with Gasteiger partial charge in [-0.15, -0.1) is 23.1 Å². The van der Waals surface area contributed by atoms with Crippen molar-refractivity contribution in [2.24, 2.45) is 0 Å². The number of carbonyl (C=O) groups is 1. The van der Waals surface area contributed by atoms with E-state index in [0.717, 1.165) is 17.1 Å². The van der Waals surface area contributed by atoms with Gasteiger partial charge in [-0.1, -0.05) is 0 Å². The Labute approximate surface area is 115 Å². The lowest BCUT2D eigenvalue weighted by Crippen LogP contribution is -2.18. The van der Waals surface area contributed by atoms with Crippen molar-refractivity contribution in [1.82, 2.24) is 0 Å². The minimum Gasteiger partial charge on any atom is -0.477 e. The van der Waals surface area contributed by atoms with E-state index in [-0.39, 0.29) is 6.29 Å². The Kier molecular flexibility index (Phi) is 7.34. The molecule has 6 heteroatoms. The van der Waals surface area contributed by atoms with E-state index in [1.165, 1.54) is 11.3 Å². The van der Waals surface area contributed by atoms with Crippen molar-refractivity contribution < 1.29 is 19.4 Å². The Balaban J connectivity index is 2.32. The molecular weight excluding hydrogens is 272 g/mol. The molecule has 0 saturated heterocycles. The van der Waals surface area contributed by atoms with E-state index in [9.17, 15) is 4.79 Å². The molecule has 0 radical (unpaired) electrons. The van der Waals surface area contributed by atoms with Crippen LogP contribution in [-0.2, 0) is 9.47 Å². The lowest BCUT2D eigenvalue weighted by molar-refractivity contribution is -0.136. The van der Waals surface area contributed by atoms with Crippen LogP contribution in [-0.4, -0.2) is 36.3 Å². The van der Waals surface area contributed by atoms with Crippen molar-refractivity contribution in [3.05, 3.63) is 16.3 Å². The highest BCUT2D eigenvalue weighted by Crippen LogP contribution is 2.26. The predicted octanol–water partition coefficient (Wildman–Crippen LogP) is 3.33. The molecule has 1 aromatic heterocycles. The Morgan fingerprint density at radius 3 is 2.61 bits per heavy atom. The van der Waals surface area contributed by atoms with Gasteiger partial charge >= 0.3 is 5.97 Å². The second-order valence-corrected chi connectivity index (χ2v) is 5.51. The molecule has 1 heterocycles. The molecule has 1 N–H and O–H groups in total. The van der Waals surface area contributed by atoms with Gasteiger partial charge in [0.25, 0.3) is 0 Å². The van der Waals surface area contributed by atoms with Crippen molar-refractivity contribution in [2.75, 3.05) is 19.0 Å². The Morgan fingerprint density at radius 1 is 1.44 bits per heavy atom. The highest BCUT2D eigenvalue weighted by atomic mass is 32.2. The fourth-order valence-corrected chi connectivity index (χ4v) is 3.21. The number of thiophene rings is 1. The molecule has 1 aromatic rings. The number of ether oxygens (including phenoxy) is 2. The van der Waals surface area contributed by atoms with Crippen LogP contribution in [0.2, 0.25) is 0 Å². The predicted molar refractivity (Wildman–Crippen MR) is 73.7 cm³/mol. The smallest absolute Gasteiger partial charge is 0.345 e. The summed E-state index contributed by atoms with van der Waals surface area (Å²) in [7, 11) is 0. The number of carboxylic acid groups (broad SMARTS) is 1. The average Bonchev–Trinajstić information content (AvgIpc) is 2.78. The van der Waals surface area contributed by atoms with Crippen LogP contribution in [0.4, 0.5) is 0 Å². The SMILES string of the molecule is CCOC(CCSc1csc(C(=O)O)c1)OCC. The molecule has 0 spiro atoms. The molecule has 18 heavy (non-hydrogen) atoms. The number of carboxylic acids is 1. The molecule has 0 saturated carbocycles. The summed E-state index contributed by atoms with van der Waals surface area (Å²) in [6, 6.07) is 1.70. The summed E-state index contributed by atoms with van der Waals surface area (Å²) < 4.78 is 10.9. The second-order valence-electron chi connectivity index (χ2n) is 3.43. The molecule has 0 aromatic carbocycles. The highest BCUT2D eigenvalue weighted by molar-refractivity contribution is 7.99. The van der Waals surface area contributed by atoms with Crippen molar-refractivity contribution in [3.8, 4) is 0 Å². The minimum atomic E-state index is -0.867. The van der Waals surface area contributed by atoms with E-state index in [4.69, 9.17) is 14.6 Å². The molecule has 0 unspecified atom stereocenters. The molecule has 0 fully saturated rings. The van der Waals surface area contributed by atoms with Crippen LogP contribution in [0, 0.1) is 0 Å². The second kappa shape index (κ2) is 8.53. The zero-order valence-corrected chi connectivity index (χ0v) is 12.2. The molecule has 0 aliphatic heterocycles. The van der Waals surface area contributed by atoms with Gasteiger partial charge in [-0.25, -0.2) is 4.79 Å². The Bertz CT molecular complexity index is 359. The maximum Gasteiger partial charge on any atom is 0.345 e. The van der Waals surface area contributed by atoms with E-state index in [1.807, 2.05) is 19.2 Å². The van der Waals surface area contributed by atoms with Gasteiger partial charge in [0.15, 0.2) is 6.29 Å². The largest absolute Gasteiger partial charge is 0.477 e. The van der Waals surface area contributed by atoms with Crippen LogP contribution in [0.5, 0.6) is 0 Å². The number of rotatable bonds is 9. The first-order valence-corrected chi connectivity index (χ1v) is 7.71. The lowest BCUT2D eigenvalue weighted by Gasteiger charge is -2.16. The topological polar surface area (TPSA) is 55.8 Å². The number of aromatic carboxylic acids is 1. The maximum atomic E-state index is 10.7.